The minimum absolute atomic E-state index is 0.0781. The van der Waals surface area contributed by atoms with E-state index in [9.17, 15) is 10.2 Å². The van der Waals surface area contributed by atoms with E-state index in [4.69, 9.17) is 0 Å². The highest BCUT2D eigenvalue weighted by Gasteiger charge is 2.17. The molecule has 112 valence electrons. The van der Waals surface area contributed by atoms with Gasteiger partial charge in [-0.25, -0.2) is 0 Å². The summed E-state index contributed by atoms with van der Waals surface area (Å²) >= 11 is 0. The van der Waals surface area contributed by atoms with Crippen LogP contribution in [0.2, 0.25) is 0 Å². The molecule has 1 aromatic carbocycles. The monoisotopic (exact) mass is 286 g/mol. The summed E-state index contributed by atoms with van der Waals surface area (Å²) in [5.41, 5.74) is 2.00. The molecule has 0 amide bonds. The predicted molar refractivity (Wildman–Crippen MR) is 82.8 cm³/mol. The standard InChI is InChI=1S/C17H22N2O2/c1-2-16(13-20)19(12-15-7-3-4-9-18-15)11-14-6-5-8-17(21)10-14/h3-10,16,20-21H,2,11-13H2,1H3. The van der Waals surface area contributed by atoms with Gasteiger partial charge in [-0.05, 0) is 36.2 Å². The molecule has 0 aliphatic heterocycles. The lowest BCUT2D eigenvalue weighted by Crippen LogP contribution is -2.36. The van der Waals surface area contributed by atoms with Gasteiger partial charge in [0.05, 0.1) is 12.3 Å². The van der Waals surface area contributed by atoms with Crippen molar-refractivity contribution in [3.05, 3.63) is 59.9 Å². The molecule has 2 rings (SSSR count). The van der Waals surface area contributed by atoms with Crippen LogP contribution in [0.15, 0.2) is 48.7 Å². The second kappa shape index (κ2) is 7.76. The number of benzene rings is 1. The molecular formula is C17H22N2O2. The molecule has 2 N–H and O–H groups in total. The largest absolute Gasteiger partial charge is 0.508 e. The Labute approximate surface area is 125 Å². The summed E-state index contributed by atoms with van der Waals surface area (Å²) in [7, 11) is 0. The molecule has 21 heavy (non-hydrogen) atoms. The van der Waals surface area contributed by atoms with Crippen molar-refractivity contribution in [3.8, 4) is 5.75 Å². The van der Waals surface area contributed by atoms with Gasteiger partial charge in [0.25, 0.3) is 0 Å². The Morgan fingerprint density at radius 2 is 2.00 bits per heavy atom. The fraction of sp³-hybridized carbons (Fsp3) is 0.353. The fourth-order valence-corrected chi connectivity index (χ4v) is 2.41. The Hall–Kier alpha value is -1.91. The molecule has 0 aliphatic rings. The average Bonchev–Trinajstić information content (AvgIpc) is 2.49. The van der Waals surface area contributed by atoms with Gasteiger partial charge in [0.2, 0.25) is 0 Å². The SMILES string of the molecule is CCC(CO)N(Cc1cccc(O)c1)Cc1ccccn1. The van der Waals surface area contributed by atoms with Crippen molar-refractivity contribution < 1.29 is 10.2 Å². The van der Waals surface area contributed by atoms with Gasteiger partial charge in [0.15, 0.2) is 0 Å². The maximum atomic E-state index is 9.60. The van der Waals surface area contributed by atoms with Gasteiger partial charge >= 0.3 is 0 Å². The summed E-state index contributed by atoms with van der Waals surface area (Å²) in [5.74, 6) is 0.266. The number of hydrogen-bond acceptors (Lipinski definition) is 4. The lowest BCUT2D eigenvalue weighted by Gasteiger charge is -2.29. The Kier molecular flexibility index (Phi) is 5.72. The number of phenols is 1. The molecule has 0 saturated heterocycles. The van der Waals surface area contributed by atoms with E-state index in [1.807, 2.05) is 30.3 Å². The quantitative estimate of drug-likeness (QED) is 0.821. The van der Waals surface area contributed by atoms with Gasteiger partial charge < -0.3 is 10.2 Å². The Balaban J connectivity index is 2.15. The van der Waals surface area contributed by atoms with Gasteiger partial charge in [0.1, 0.15) is 5.75 Å². The summed E-state index contributed by atoms with van der Waals surface area (Å²) < 4.78 is 0. The molecule has 0 saturated carbocycles. The summed E-state index contributed by atoms with van der Waals surface area (Å²) in [4.78, 5) is 6.55. The zero-order chi connectivity index (χ0) is 15.1. The molecule has 1 aromatic heterocycles. The van der Waals surface area contributed by atoms with Gasteiger partial charge in [-0.1, -0.05) is 25.1 Å². The van der Waals surface area contributed by atoms with Crippen LogP contribution in [0, 0.1) is 0 Å². The Morgan fingerprint density at radius 3 is 2.62 bits per heavy atom. The maximum Gasteiger partial charge on any atom is 0.115 e. The molecule has 4 heteroatoms. The van der Waals surface area contributed by atoms with Crippen molar-refractivity contribution in [3.63, 3.8) is 0 Å². The summed E-state index contributed by atoms with van der Waals surface area (Å²) in [5, 5.41) is 19.2. The third kappa shape index (κ3) is 4.55. The van der Waals surface area contributed by atoms with Crippen LogP contribution in [-0.4, -0.2) is 32.7 Å². The number of pyridine rings is 1. The van der Waals surface area contributed by atoms with E-state index in [2.05, 4.69) is 16.8 Å². The summed E-state index contributed by atoms with van der Waals surface area (Å²) in [6.45, 7) is 3.52. The van der Waals surface area contributed by atoms with E-state index >= 15 is 0 Å². The van der Waals surface area contributed by atoms with Gasteiger partial charge in [-0.2, -0.15) is 0 Å². The third-order valence-corrected chi connectivity index (χ3v) is 3.59. The van der Waals surface area contributed by atoms with Crippen molar-refractivity contribution in [2.45, 2.75) is 32.5 Å². The number of aliphatic hydroxyl groups is 1. The highest BCUT2D eigenvalue weighted by atomic mass is 16.3. The molecule has 0 spiro atoms. The zero-order valence-electron chi connectivity index (χ0n) is 12.3. The van der Waals surface area contributed by atoms with Crippen LogP contribution in [-0.2, 0) is 13.1 Å². The van der Waals surface area contributed by atoms with Gasteiger partial charge in [-0.3, -0.25) is 9.88 Å². The Morgan fingerprint density at radius 1 is 1.14 bits per heavy atom. The first-order valence-electron chi connectivity index (χ1n) is 7.25. The van der Waals surface area contributed by atoms with E-state index < -0.39 is 0 Å². The van der Waals surface area contributed by atoms with Crippen molar-refractivity contribution in [2.75, 3.05) is 6.61 Å². The van der Waals surface area contributed by atoms with Gasteiger partial charge in [0, 0.05) is 25.3 Å². The second-order valence-corrected chi connectivity index (χ2v) is 5.14. The van der Waals surface area contributed by atoms with Crippen LogP contribution in [0.5, 0.6) is 5.75 Å². The first-order chi connectivity index (χ1) is 10.2. The number of phenolic OH excluding ortho intramolecular Hbond substituents is 1. The van der Waals surface area contributed by atoms with Gasteiger partial charge in [-0.15, -0.1) is 0 Å². The van der Waals surface area contributed by atoms with Crippen LogP contribution < -0.4 is 0 Å². The highest BCUT2D eigenvalue weighted by molar-refractivity contribution is 5.27. The van der Waals surface area contributed by atoms with E-state index in [1.54, 1.807) is 18.3 Å². The fourth-order valence-electron chi connectivity index (χ4n) is 2.41. The number of hydrogen-bond donors (Lipinski definition) is 2. The van der Waals surface area contributed by atoms with Crippen molar-refractivity contribution >= 4 is 0 Å². The lowest BCUT2D eigenvalue weighted by atomic mass is 10.1. The number of nitrogens with zero attached hydrogens (tertiary/aromatic N) is 2. The van der Waals surface area contributed by atoms with Crippen LogP contribution in [0.4, 0.5) is 0 Å². The van der Waals surface area contributed by atoms with Crippen molar-refractivity contribution in [1.82, 2.24) is 9.88 Å². The molecule has 1 heterocycles. The molecule has 0 aliphatic carbocycles. The number of aromatic hydroxyl groups is 1. The third-order valence-electron chi connectivity index (χ3n) is 3.59. The summed E-state index contributed by atoms with van der Waals surface area (Å²) in [6, 6.07) is 13.2. The van der Waals surface area contributed by atoms with E-state index in [0.717, 1.165) is 17.7 Å². The minimum atomic E-state index is 0.0781. The number of aliphatic hydroxyl groups excluding tert-OH is 1. The first kappa shape index (κ1) is 15.5. The number of rotatable bonds is 7. The molecule has 0 fully saturated rings. The van der Waals surface area contributed by atoms with Crippen molar-refractivity contribution in [2.24, 2.45) is 0 Å². The van der Waals surface area contributed by atoms with Crippen LogP contribution >= 0.6 is 0 Å². The molecule has 1 unspecified atom stereocenters. The lowest BCUT2D eigenvalue weighted by molar-refractivity contribution is 0.105. The first-order valence-corrected chi connectivity index (χ1v) is 7.25. The molecule has 1 atom stereocenters. The van der Waals surface area contributed by atoms with E-state index in [0.29, 0.717) is 13.1 Å². The molecule has 0 bridgehead atoms. The van der Waals surface area contributed by atoms with Crippen molar-refractivity contribution in [1.29, 1.82) is 0 Å². The van der Waals surface area contributed by atoms with E-state index in [1.165, 1.54) is 0 Å². The van der Waals surface area contributed by atoms with Crippen LogP contribution in [0.25, 0.3) is 0 Å². The smallest absolute Gasteiger partial charge is 0.115 e. The van der Waals surface area contributed by atoms with Crippen LogP contribution in [0.1, 0.15) is 24.6 Å². The van der Waals surface area contributed by atoms with E-state index in [-0.39, 0.29) is 18.4 Å². The highest BCUT2D eigenvalue weighted by Crippen LogP contribution is 2.17. The molecule has 2 aromatic rings. The number of aromatic nitrogens is 1. The normalized spacial score (nSPS) is 12.5. The average molecular weight is 286 g/mol. The topological polar surface area (TPSA) is 56.6 Å². The maximum absolute atomic E-state index is 9.60. The van der Waals surface area contributed by atoms with Crippen LogP contribution in [0.3, 0.4) is 0 Å². The molecule has 4 nitrogen and oxygen atoms in total. The minimum Gasteiger partial charge on any atom is -0.508 e. The summed E-state index contributed by atoms with van der Waals surface area (Å²) in [6.07, 6.45) is 2.64. The molecular weight excluding hydrogens is 264 g/mol. The second-order valence-electron chi connectivity index (χ2n) is 5.14. The molecule has 0 radical (unpaired) electrons. The zero-order valence-corrected chi connectivity index (χ0v) is 12.3. The predicted octanol–water partition coefficient (Wildman–Crippen LogP) is 2.56. The Bertz CT molecular complexity index is 541.